The van der Waals surface area contributed by atoms with Crippen molar-refractivity contribution >= 4 is 23.4 Å². The summed E-state index contributed by atoms with van der Waals surface area (Å²) in [6.45, 7) is 20.8. The van der Waals surface area contributed by atoms with E-state index in [0.717, 1.165) is 44.1 Å². The second-order valence-electron chi connectivity index (χ2n) is 17.9. The van der Waals surface area contributed by atoms with Gasteiger partial charge in [-0.15, -0.1) is 0 Å². The van der Waals surface area contributed by atoms with E-state index in [2.05, 4.69) is 64.8 Å². The number of carboxylic acid groups (broad SMARTS) is 2. The van der Waals surface area contributed by atoms with Gasteiger partial charge in [-0.05, 0) is 139 Å². The van der Waals surface area contributed by atoms with Gasteiger partial charge in [-0.25, -0.2) is 4.79 Å². The number of carbonyl (C=O) groups is 3. The molecular weight excluding hydrogens is 612 g/mol. The van der Waals surface area contributed by atoms with Crippen molar-refractivity contribution in [3.63, 3.8) is 0 Å². The maximum absolute atomic E-state index is 14.3. The Morgan fingerprint density at radius 1 is 0.837 bits per heavy atom. The quantitative estimate of drug-likeness (QED) is 0.147. The van der Waals surface area contributed by atoms with Gasteiger partial charge in [0.2, 0.25) is 5.91 Å². The molecule has 0 heterocycles. The van der Waals surface area contributed by atoms with Crippen LogP contribution in [0.5, 0.6) is 0 Å². The second kappa shape index (κ2) is 12.7. The SMILES string of the molecule is C=C(C)[C@@H]1CC[C@]2(C(=O)NCCNCCC(=O)O)CC[C@]3(C)[C@H](CC[C@@H]4[C@@]5(C)CC=C(c6ccc(C(=O)O)cc6)C(C)(C)[C@@H]5CC[C@]43C)[C@@H]12. The molecule has 1 aromatic carbocycles. The fraction of sp³-hybridized carbons (Fsp3) is 0.690. The molecule has 7 heteroatoms. The number of nitrogens with one attached hydrogen (secondary N) is 2. The summed E-state index contributed by atoms with van der Waals surface area (Å²) in [6, 6.07) is 7.48. The van der Waals surface area contributed by atoms with E-state index in [0.29, 0.717) is 54.8 Å². The monoisotopic (exact) mass is 672 g/mol. The maximum atomic E-state index is 14.3. The first-order chi connectivity index (χ1) is 23.0. The van der Waals surface area contributed by atoms with Crippen LogP contribution in [0.3, 0.4) is 0 Å². The summed E-state index contributed by atoms with van der Waals surface area (Å²) in [5.41, 5.74) is 4.14. The Balaban J connectivity index is 1.27. The third-order valence-electron chi connectivity index (χ3n) is 15.6. The molecule has 0 aromatic heterocycles. The lowest BCUT2D eigenvalue weighted by Crippen LogP contribution is -2.66. The van der Waals surface area contributed by atoms with E-state index in [9.17, 15) is 19.5 Å². The molecular formula is C42H60N2O5. The van der Waals surface area contributed by atoms with Crippen molar-refractivity contribution in [2.75, 3.05) is 19.6 Å². The molecule has 0 unspecified atom stereocenters. The second-order valence-corrected chi connectivity index (χ2v) is 17.9. The third kappa shape index (κ3) is 5.52. The Morgan fingerprint density at radius 3 is 2.20 bits per heavy atom. The molecule has 268 valence electrons. The van der Waals surface area contributed by atoms with Crippen LogP contribution in [0.4, 0.5) is 0 Å². The topological polar surface area (TPSA) is 116 Å². The standard InChI is InChI=1S/C42H60N2O5/c1-26(2)29-14-20-42(37(49)44-25-24-43-23-17-34(45)46)22-21-40(6)31(35(29)42)12-13-33-39(5)18-15-30(27-8-10-28(11-9-27)36(47)48)38(3,4)32(39)16-19-41(33,40)7/h8-11,15,29,31-33,35,43H,1,12-14,16-25H2,2-7H3,(H,44,49)(H,45,46)(H,47,48)/t29-,31+,32-,33+,35+,39-,40+,41+,42-/m0/s1. The number of rotatable bonds is 10. The summed E-state index contributed by atoms with van der Waals surface area (Å²) in [6.07, 6.45) is 12.3. The van der Waals surface area contributed by atoms with Gasteiger partial charge in [0.1, 0.15) is 0 Å². The number of aliphatic carboxylic acids is 1. The van der Waals surface area contributed by atoms with Crippen LogP contribution in [-0.4, -0.2) is 47.7 Å². The van der Waals surface area contributed by atoms with E-state index >= 15 is 0 Å². The minimum absolute atomic E-state index is 0.0321. The highest BCUT2D eigenvalue weighted by molar-refractivity contribution is 5.88. The average Bonchev–Trinajstić information content (AvgIpc) is 3.44. The van der Waals surface area contributed by atoms with Crippen LogP contribution >= 0.6 is 0 Å². The van der Waals surface area contributed by atoms with Gasteiger partial charge in [0.05, 0.1) is 17.4 Å². The van der Waals surface area contributed by atoms with Crippen LogP contribution in [0, 0.1) is 56.7 Å². The zero-order valence-electron chi connectivity index (χ0n) is 30.8. The highest BCUT2D eigenvalue weighted by Gasteiger charge is 2.71. The van der Waals surface area contributed by atoms with Crippen LogP contribution in [0.1, 0.15) is 122 Å². The molecule has 5 aliphatic rings. The largest absolute Gasteiger partial charge is 0.481 e. The number of aromatic carboxylic acids is 1. The van der Waals surface area contributed by atoms with Crippen molar-refractivity contribution in [3.8, 4) is 0 Å². The number of amides is 1. The van der Waals surface area contributed by atoms with Gasteiger partial charge < -0.3 is 20.8 Å². The highest BCUT2D eigenvalue weighted by Crippen LogP contribution is 2.77. The number of hydrogen-bond donors (Lipinski definition) is 4. The Bertz CT molecular complexity index is 1530. The Hall–Kier alpha value is -2.93. The molecule has 7 nitrogen and oxygen atoms in total. The maximum Gasteiger partial charge on any atom is 0.335 e. The van der Waals surface area contributed by atoms with E-state index in [-0.39, 0.29) is 39.4 Å². The minimum atomic E-state index is -0.887. The first kappa shape index (κ1) is 35.9. The van der Waals surface area contributed by atoms with E-state index in [4.69, 9.17) is 5.11 Å². The smallest absolute Gasteiger partial charge is 0.335 e. The summed E-state index contributed by atoms with van der Waals surface area (Å²) in [7, 11) is 0. The lowest BCUT2D eigenvalue weighted by Gasteiger charge is -2.72. The van der Waals surface area contributed by atoms with E-state index < -0.39 is 11.9 Å². The van der Waals surface area contributed by atoms with Crippen molar-refractivity contribution < 1.29 is 24.6 Å². The van der Waals surface area contributed by atoms with Gasteiger partial charge in [0, 0.05) is 19.6 Å². The average molecular weight is 673 g/mol. The van der Waals surface area contributed by atoms with Gasteiger partial charge in [0.25, 0.3) is 0 Å². The van der Waals surface area contributed by atoms with Gasteiger partial charge in [-0.1, -0.05) is 65.0 Å². The number of fused-ring (bicyclic) bond motifs is 7. The van der Waals surface area contributed by atoms with Crippen LogP contribution in [0.25, 0.3) is 5.57 Å². The molecule has 9 atom stereocenters. The summed E-state index contributed by atoms with van der Waals surface area (Å²) in [5.74, 6) is 0.763. The Kier molecular flexibility index (Phi) is 9.29. The molecule has 1 amide bonds. The van der Waals surface area contributed by atoms with Gasteiger partial charge in [-0.3, -0.25) is 9.59 Å². The molecule has 0 aliphatic heterocycles. The lowest BCUT2D eigenvalue weighted by molar-refractivity contribution is -0.225. The Morgan fingerprint density at radius 2 is 1.55 bits per heavy atom. The molecule has 4 N–H and O–H groups in total. The van der Waals surface area contributed by atoms with Crippen molar-refractivity contribution in [1.82, 2.24) is 10.6 Å². The molecule has 0 spiro atoms. The number of benzene rings is 1. The number of allylic oxidation sites excluding steroid dienone is 3. The molecule has 4 saturated carbocycles. The van der Waals surface area contributed by atoms with Gasteiger partial charge in [-0.2, -0.15) is 0 Å². The molecule has 0 radical (unpaired) electrons. The molecule has 4 fully saturated rings. The fourth-order valence-electron chi connectivity index (χ4n) is 13.2. The normalized spacial score (nSPS) is 39.0. The highest BCUT2D eigenvalue weighted by atomic mass is 16.4. The summed E-state index contributed by atoms with van der Waals surface area (Å²) >= 11 is 0. The predicted octanol–water partition coefficient (Wildman–Crippen LogP) is 8.22. The molecule has 0 saturated heterocycles. The van der Waals surface area contributed by atoms with Gasteiger partial charge >= 0.3 is 11.9 Å². The number of carbonyl (C=O) groups excluding carboxylic acids is 1. The summed E-state index contributed by atoms with van der Waals surface area (Å²) in [5, 5.41) is 24.9. The van der Waals surface area contributed by atoms with E-state index in [1.54, 1.807) is 12.1 Å². The predicted molar refractivity (Wildman–Crippen MR) is 194 cm³/mol. The summed E-state index contributed by atoms with van der Waals surface area (Å²) in [4.78, 5) is 36.7. The van der Waals surface area contributed by atoms with Crippen LogP contribution in [0.15, 0.2) is 42.5 Å². The van der Waals surface area contributed by atoms with Crippen LogP contribution in [-0.2, 0) is 9.59 Å². The van der Waals surface area contributed by atoms with Crippen molar-refractivity contribution in [3.05, 3.63) is 53.6 Å². The third-order valence-corrected chi connectivity index (χ3v) is 15.6. The zero-order valence-corrected chi connectivity index (χ0v) is 30.8. The summed E-state index contributed by atoms with van der Waals surface area (Å²) < 4.78 is 0. The molecule has 6 rings (SSSR count). The Labute approximate surface area is 293 Å². The lowest BCUT2D eigenvalue weighted by atomic mass is 9.32. The number of hydrogen-bond acceptors (Lipinski definition) is 4. The first-order valence-corrected chi connectivity index (χ1v) is 18.9. The number of carboxylic acids is 2. The van der Waals surface area contributed by atoms with Crippen LogP contribution in [0.2, 0.25) is 0 Å². The van der Waals surface area contributed by atoms with Crippen molar-refractivity contribution in [2.45, 2.75) is 106 Å². The minimum Gasteiger partial charge on any atom is -0.481 e. The van der Waals surface area contributed by atoms with Crippen molar-refractivity contribution in [2.24, 2.45) is 56.7 Å². The van der Waals surface area contributed by atoms with E-state index in [1.165, 1.54) is 30.4 Å². The van der Waals surface area contributed by atoms with E-state index in [1.807, 2.05) is 12.1 Å². The fourth-order valence-corrected chi connectivity index (χ4v) is 13.2. The molecule has 1 aromatic rings. The molecule has 49 heavy (non-hydrogen) atoms. The van der Waals surface area contributed by atoms with Crippen LogP contribution < -0.4 is 10.6 Å². The van der Waals surface area contributed by atoms with Gasteiger partial charge in [0.15, 0.2) is 0 Å². The molecule has 0 bridgehead atoms. The molecule has 5 aliphatic carbocycles. The zero-order chi connectivity index (χ0) is 35.6. The van der Waals surface area contributed by atoms with Crippen molar-refractivity contribution in [1.29, 1.82) is 0 Å². The first-order valence-electron chi connectivity index (χ1n) is 18.9.